The Morgan fingerprint density at radius 3 is 2.45 bits per heavy atom. The minimum Gasteiger partial charge on any atom is -0.443 e. The number of aryl methyl sites for hydroxylation is 2. The van der Waals surface area contributed by atoms with Gasteiger partial charge in [0, 0.05) is 11.5 Å². The lowest BCUT2D eigenvalue weighted by Crippen LogP contribution is -2.28. The van der Waals surface area contributed by atoms with Crippen molar-refractivity contribution in [3.63, 3.8) is 0 Å². The summed E-state index contributed by atoms with van der Waals surface area (Å²) in [6, 6.07) is 3.50. The normalized spacial score (nSPS) is 14.4. The second-order valence-corrected chi connectivity index (χ2v) is 8.51. The van der Waals surface area contributed by atoms with Crippen molar-refractivity contribution in [2.45, 2.75) is 59.0 Å². The van der Waals surface area contributed by atoms with Crippen molar-refractivity contribution in [1.29, 1.82) is 0 Å². The average molecular weight is 396 g/mol. The number of rotatable bonds is 3. The Bertz CT molecular complexity index is 1130. The van der Waals surface area contributed by atoms with Gasteiger partial charge in [0.25, 0.3) is 5.91 Å². The van der Waals surface area contributed by atoms with Crippen molar-refractivity contribution in [2.24, 2.45) is 5.73 Å². The van der Waals surface area contributed by atoms with Gasteiger partial charge in [-0.25, -0.2) is 14.3 Å². The van der Waals surface area contributed by atoms with Gasteiger partial charge < -0.3 is 15.0 Å². The van der Waals surface area contributed by atoms with E-state index in [1.807, 2.05) is 33.8 Å². The number of nitrogens with zero attached hydrogens (tertiary/aromatic N) is 3. The Hall–Kier alpha value is -3.16. The van der Waals surface area contributed by atoms with E-state index in [4.69, 9.17) is 15.0 Å². The van der Waals surface area contributed by atoms with E-state index in [0.717, 1.165) is 18.4 Å². The zero-order valence-corrected chi connectivity index (χ0v) is 17.2. The van der Waals surface area contributed by atoms with Crippen LogP contribution in [0.5, 0.6) is 0 Å². The molecule has 0 radical (unpaired) electrons. The van der Waals surface area contributed by atoms with Crippen LogP contribution in [0.1, 0.15) is 67.2 Å². The lowest BCUT2D eigenvalue weighted by molar-refractivity contribution is 0.0538. The standard InChI is InChI=1S/C21H24N4O4/c1-10-16(11(2)29-24-10)13-8-14(18(22)26)17-15(9-13)25(19(23-17)12-6-7-12)20(27)28-21(3,4)5/h8-9,12H,6-7H2,1-5H3,(H2,22,26). The third-order valence-corrected chi connectivity index (χ3v) is 4.89. The third-order valence-electron chi connectivity index (χ3n) is 4.89. The van der Waals surface area contributed by atoms with Gasteiger partial charge in [-0.3, -0.25) is 4.79 Å². The number of hydrogen-bond acceptors (Lipinski definition) is 6. The third kappa shape index (κ3) is 3.39. The zero-order valence-electron chi connectivity index (χ0n) is 17.2. The molecule has 1 amide bonds. The van der Waals surface area contributed by atoms with Gasteiger partial charge in [-0.15, -0.1) is 0 Å². The van der Waals surface area contributed by atoms with E-state index in [0.29, 0.717) is 33.9 Å². The fourth-order valence-corrected chi connectivity index (χ4v) is 3.54. The van der Waals surface area contributed by atoms with Crippen LogP contribution >= 0.6 is 0 Å². The number of carbonyl (C=O) groups excluding carboxylic acids is 2. The molecule has 0 saturated heterocycles. The van der Waals surface area contributed by atoms with E-state index >= 15 is 0 Å². The number of hydrogen-bond donors (Lipinski definition) is 1. The van der Waals surface area contributed by atoms with Crippen LogP contribution in [0.25, 0.3) is 22.2 Å². The smallest absolute Gasteiger partial charge is 0.420 e. The molecule has 2 N–H and O–H groups in total. The van der Waals surface area contributed by atoms with Gasteiger partial charge in [0.15, 0.2) is 0 Å². The summed E-state index contributed by atoms with van der Waals surface area (Å²) in [7, 11) is 0. The van der Waals surface area contributed by atoms with Gasteiger partial charge in [0.2, 0.25) is 0 Å². The number of amides is 1. The predicted octanol–water partition coefficient (Wildman–Crippen LogP) is 4.07. The van der Waals surface area contributed by atoms with E-state index in [1.54, 1.807) is 13.0 Å². The first-order valence-corrected chi connectivity index (χ1v) is 9.59. The number of benzene rings is 1. The van der Waals surface area contributed by atoms with E-state index in [2.05, 4.69) is 10.1 Å². The summed E-state index contributed by atoms with van der Waals surface area (Å²) in [5, 5.41) is 3.99. The summed E-state index contributed by atoms with van der Waals surface area (Å²) < 4.78 is 12.4. The molecule has 1 aliphatic carbocycles. The molecule has 1 saturated carbocycles. The monoisotopic (exact) mass is 396 g/mol. The number of aromatic nitrogens is 3. The van der Waals surface area contributed by atoms with Gasteiger partial charge in [-0.2, -0.15) is 0 Å². The molecular formula is C21H24N4O4. The van der Waals surface area contributed by atoms with E-state index < -0.39 is 17.6 Å². The molecule has 2 aromatic heterocycles. The van der Waals surface area contributed by atoms with Crippen LogP contribution in [0, 0.1) is 13.8 Å². The molecule has 0 unspecified atom stereocenters. The maximum absolute atomic E-state index is 13.1. The molecule has 0 bridgehead atoms. The van der Waals surface area contributed by atoms with Crippen molar-refractivity contribution in [2.75, 3.05) is 0 Å². The average Bonchev–Trinajstić information content (AvgIpc) is 3.29. The van der Waals surface area contributed by atoms with Crippen LogP contribution < -0.4 is 5.73 Å². The fourth-order valence-electron chi connectivity index (χ4n) is 3.54. The van der Waals surface area contributed by atoms with Gasteiger partial charge in [0.05, 0.1) is 16.8 Å². The lowest BCUT2D eigenvalue weighted by atomic mass is 10.00. The molecule has 1 aliphatic rings. The maximum atomic E-state index is 13.1. The van der Waals surface area contributed by atoms with Crippen LogP contribution in [0.2, 0.25) is 0 Å². The summed E-state index contributed by atoms with van der Waals surface area (Å²) in [6.07, 6.45) is 1.36. The van der Waals surface area contributed by atoms with Crippen molar-refractivity contribution in [3.8, 4) is 11.1 Å². The number of ether oxygens (including phenoxy) is 1. The molecule has 1 fully saturated rings. The molecule has 8 heteroatoms. The van der Waals surface area contributed by atoms with Crippen LogP contribution in [-0.4, -0.2) is 32.3 Å². The molecule has 2 heterocycles. The molecule has 4 rings (SSSR count). The minimum atomic E-state index is -0.666. The summed E-state index contributed by atoms with van der Waals surface area (Å²) >= 11 is 0. The number of primary amides is 1. The highest BCUT2D eigenvalue weighted by molar-refractivity contribution is 6.07. The highest BCUT2D eigenvalue weighted by atomic mass is 16.6. The van der Waals surface area contributed by atoms with Crippen molar-refractivity contribution in [3.05, 3.63) is 35.0 Å². The second-order valence-electron chi connectivity index (χ2n) is 8.51. The van der Waals surface area contributed by atoms with Crippen LogP contribution in [-0.2, 0) is 4.74 Å². The van der Waals surface area contributed by atoms with Crippen molar-refractivity contribution < 1.29 is 18.8 Å². The fraction of sp³-hybridized carbons (Fsp3) is 0.429. The first-order chi connectivity index (χ1) is 13.6. The number of imidazole rings is 1. The van der Waals surface area contributed by atoms with Crippen molar-refractivity contribution in [1.82, 2.24) is 14.7 Å². The van der Waals surface area contributed by atoms with Gasteiger partial charge >= 0.3 is 6.09 Å². The highest BCUT2D eigenvalue weighted by Gasteiger charge is 2.34. The maximum Gasteiger partial charge on any atom is 0.420 e. The predicted molar refractivity (Wildman–Crippen MR) is 107 cm³/mol. The Balaban J connectivity index is 2.02. The van der Waals surface area contributed by atoms with E-state index in [-0.39, 0.29) is 11.5 Å². The Morgan fingerprint density at radius 2 is 1.93 bits per heavy atom. The minimum absolute atomic E-state index is 0.165. The molecule has 0 atom stereocenters. The van der Waals surface area contributed by atoms with Gasteiger partial charge in [0.1, 0.15) is 22.7 Å². The molecule has 8 nitrogen and oxygen atoms in total. The summed E-state index contributed by atoms with van der Waals surface area (Å²) in [5.41, 5.74) is 8.28. The summed E-state index contributed by atoms with van der Waals surface area (Å²) in [5.74, 6) is 0.772. The molecule has 1 aromatic carbocycles. The summed E-state index contributed by atoms with van der Waals surface area (Å²) in [4.78, 5) is 29.9. The molecule has 0 spiro atoms. The quantitative estimate of drug-likeness (QED) is 0.714. The Kier molecular flexibility index (Phi) is 4.25. The number of nitrogens with two attached hydrogens (primary N) is 1. The SMILES string of the molecule is Cc1noc(C)c1-c1cc(C(N)=O)c2nc(C3CC3)n(C(=O)OC(C)(C)C)c2c1. The largest absolute Gasteiger partial charge is 0.443 e. The molecule has 0 aliphatic heterocycles. The zero-order chi connectivity index (χ0) is 21.1. The van der Waals surface area contributed by atoms with E-state index in [9.17, 15) is 9.59 Å². The molecule has 29 heavy (non-hydrogen) atoms. The molecular weight excluding hydrogens is 372 g/mol. The first-order valence-electron chi connectivity index (χ1n) is 9.59. The number of fused-ring (bicyclic) bond motifs is 1. The van der Waals surface area contributed by atoms with Crippen LogP contribution in [0.4, 0.5) is 4.79 Å². The Labute approximate surface area is 168 Å². The Morgan fingerprint density at radius 1 is 1.24 bits per heavy atom. The van der Waals surface area contributed by atoms with E-state index in [1.165, 1.54) is 4.57 Å². The topological polar surface area (TPSA) is 113 Å². The lowest BCUT2D eigenvalue weighted by Gasteiger charge is -2.20. The first kappa shape index (κ1) is 19.2. The molecule has 152 valence electrons. The number of carbonyl (C=O) groups is 2. The van der Waals surface area contributed by atoms with Gasteiger partial charge in [-0.1, -0.05) is 5.16 Å². The molecule has 3 aromatic rings. The summed E-state index contributed by atoms with van der Waals surface area (Å²) in [6.45, 7) is 9.05. The van der Waals surface area contributed by atoms with Gasteiger partial charge in [-0.05, 0) is 65.2 Å². The van der Waals surface area contributed by atoms with Crippen LogP contribution in [0.15, 0.2) is 16.7 Å². The van der Waals surface area contributed by atoms with Crippen molar-refractivity contribution >= 4 is 23.0 Å². The highest BCUT2D eigenvalue weighted by Crippen LogP contribution is 2.42. The second kappa shape index (κ2) is 6.43. The van der Waals surface area contributed by atoms with Crippen LogP contribution in [0.3, 0.4) is 0 Å².